The number of benzene rings is 1. The summed E-state index contributed by atoms with van der Waals surface area (Å²) in [6.45, 7) is 0.242. The van der Waals surface area contributed by atoms with Crippen molar-refractivity contribution in [1.29, 1.82) is 10.8 Å². The van der Waals surface area contributed by atoms with E-state index >= 15 is 0 Å². The fourth-order valence-electron chi connectivity index (χ4n) is 4.13. The summed E-state index contributed by atoms with van der Waals surface area (Å²) in [5, 5.41) is 16.1. The average molecular weight is 454 g/mol. The monoisotopic (exact) mass is 454 g/mol. The normalized spacial score (nSPS) is 14.5. The molecular weight excluding hydrogens is 432 g/mol. The number of esters is 1. The Morgan fingerprint density at radius 2 is 2.03 bits per heavy atom. The van der Waals surface area contributed by atoms with Crippen LogP contribution in [0.1, 0.15) is 44.8 Å². The van der Waals surface area contributed by atoms with E-state index in [1.807, 2.05) is 6.07 Å². The van der Waals surface area contributed by atoms with Gasteiger partial charge in [-0.3, -0.25) is 25.5 Å². The van der Waals surface area contributed by atoms with Crippen molar-refractivity contribution < 1.29 is 14.3 Å². The molecule has 0 spiro atoms. The van der Waals surface area contributed by atoms with Gasteiger partial charge < -0.3 is 9.64 Å². The summed E-state index contributed by atoms with van der Waals surface area (Å²) in [6, 6.07) is 12.3. The number of aromatic nitrogens is 2. The second-order valence-electron chi connectivity index (χ2n) is 8.18. The number of carbonyl (C=O) groups excluding carboxylic acids is 2. The van der Waals surface area contributed by atoms with Crippen LogP contribution in [0.15, 0.2) is 54.9 Å². The minimum absolute atomic E-state index is 0.135. The van der Waals surface area contributed by atoms with Gasteiger partial charge in [0.2, 0.25) is 0 Å². The SMILES string of the molecule is COC(=O)c1cc2c(cc1-c1cccnc1)C(=O)N(c1cccc(C(=N)N(C=N)C3CC3)n1)C2. The highest BCUT2D eigenvalue weighted by Gasteiger charge is 2.33. The van der Waals surface area contributed by atoms with Crippen molar-refractivity contribution in [3.8, 4) is 11.1 Å². The zero-order valence-corrected chi connectivity index (χ0v) is 18.5. The van der Waals surface area contributed by atoms with Gasteiger partial charge in [0.05, 0.1) is 25.6 Å². The van der Waals surface area contributed by atoms with Crippen molar-refractivity contribution in [2.75, 3.05) is 12.0 Å². The van der Waals surface area contributed by atoms with E-state index < -0.39 is 5.97 Å². The van der Waals surface area contributed by atoms with E-state index in [1.54, 1.807) is 53.7 Å². The van der Waals surface area contributed by atoms with E-state index in [4.69, 9.17) is 15.6 Å². The minimum Gasteiger partial charge on any atom is -0.465 e. The Morgan fingerprint density at radius 3 is 2.71 bits per heavy atom. The van der Waals surface area contributed by atoms with Crippen LogP contribution < -0.4 is 4.90 Å². The van der Waals surface area contributed by atoms with Crippen molar-refractivity contribution in [2.24, 2.45) is 0 Å². The van der Waals surface area contributed by atoms with Crippen molar-refractivity contribution in [3.63, 3.8) is 0 Å². The number of amidine groups is 1. The van der Waals surface area contributed by atoms with E-state index in [9.17, 15) is 9.59 Å². The number of rotatable bonds is 6. The van der Waals surface area contributed by atoms with Gasteiger partial charge in [-0.25, -0.2) is 9.78 Å². The number of nitrogens with one attached hydrogen (secondary N) is 2. The zero-order chi connectivity index (χ0) is 23.8. The standard InChI is InChI=1S/C25H22N6O3/c1-34-25(33)20-10-16-13-30(24(32)19(16)11-18(20)15-4-3-9-28-12-15)22-6-2-5-21(29-22)23(27)31(14-26)17-7-8-17/h2-6,9-12,14,17,26-27H,7-8,13H2,1H3. The van der Waals surface area contributed by atoms with Gasteiger partial charge in [0, 0.05) is 29.6 Å². The fourth-order valence-corrected chi connectivity index (χ4v) is 4.13. The number of carbonyl (C=O) groups is 2. The molecule has 0 atom stereocenters. The lowest BCUT2D eigenvalue weighted by Gasteiger charge is -2.20. The van der Waals surface area contributed by atoms with Gasteiger partial charge in [0.1, 0.15) is 11.5 Å². The van der Waals surface area contributed by atoms with Crippen LogP contribution in [0, 0.1) is 10.8 Å². The molecule has 170 valence electrons. The maximum atomic E-state index is 13.4. The summed E-state index contributed by atoms with van der Waals surface area (Å²) < 4.78 is 4.98. The fraction of sp³-hybridized carbons (Fsp3) is 0.200. The van der Waals surface area contributed by atoms with Crippen molar-refractivity contribution in [2.45, 2.75) is 25.4 Å². The molecule has 1 amide bonds. The Balaban J connectivity index is 1.51. The smallest absolute Gasteiger partial charge is 0.338 e. The van der Waals surface area contributed by atoms with Crippen LogP contribution in [-0.2, 0) is 11.3 Å². The Labute approximate surface area is 196 Å². The number of nitrogens with zero attached hydrogens (tertiary/aromatic N) is 4. The zero-order valence-electron chi connectivity index (χ0n) is 18.5. The number of methoxy groups -OCH3 is 1. The summed E-state index contributed by atoms with van der Waals surface area (Å²) >= 11 is 0. The Hall–Kier alpha value is -4.40. The van der Waals surface area contributed by atoms with E-state index in [0.29, 0.717) is 39.3 Å². The highest BCUT2D eigenvalue weighted by Crippen LogP contribution is 2.34. The van der Waals surface area contributed by atoms with Crippen LogP contribution in [0.5, 0.6) is 0 Å². The maximum absolute atomic E-state index is 13.4. The summed E-state index contributed by atoms with van der Waals surface area (Å²) in [4.78, 5) is 37.7. The molecule has 1 fully saturated rings. The lowest BCUT2D eigenvalue weighted by molar-refractivity contribution is 0.0601. The van der Waals surface area contributed by atoms with E-state index in [0.717, 1.165) is 19.2 Å². The first kappa shape index (κ1) is 21.4. The molecular formula is C25H22N6O3. The number of pyridine rings is 2. The Kier molecular flexibility index (Phi) is 5.37. The minimum atomic E-state index is -0.493. The molecule has 1 aromatic carbocycles. The second-order valence-corrected chi connectivity index (χ2v) is 8.18. The molecule has 1 aliphatic heterocycles. The highest BCUT2D eigenvalue weighted by atomic mass is 16.5. The molecule has 2 aromatic heterocycles. The molecule has 5 rings (SSSR count). The third-order valence-electron chi connectivity index (χ3n) is 6.02. The van der Waals surface area contributed by atoms with Crippen molar-refractivity contribution in [3.05, 3.63) is 77.2 Å². The summed E-state index contributed by atoms with van der Waals surface area (Å²) in [6.07, 6.45) is 6.31. The third-order valence-corrected chi connectivity index (χ3v) is 6.02. The summed E-state index contributed by atoms with van der Waals surface area (Å²) in [7, 11) is 1.32. The summed E-state index contributed by atoms with van der Waals surface area (Å²) in [5.74, 6) is -0.186. The molecule has 0 unspecified atom stereocenters. The van der Waals surface area contributed by atoms with Crippen LogP contribution in [-0.4, -0.2) is 52.1 Å². The Bertz CT molecular complexity index is 1320. The van der Waals surface area contributed by atoms with Crippen LogP contribution in [0.2, 0.25) is 0 Å². The number of hydrogen-bond acceptors (Lipinski definition) is 7. The van der Waals surface area contributed by atoms with Crippen LogP contribution in [0.25, 0.3) is 11.1 Å². The number of hydrogen-bond donors (Lipinski definition) is 2. The molecule has 3 heterocycles. The molecule has 0 radical (unpaired) electrons. The topological polar surface area (TPSA) is 123 Å². The first-order valence-electron chi connectivity index (χ1n) is 10.8. The van der Waals surface area contributed by atoms with Crippen molar-refractivity contribution >= 4 is 29.9 Å². The molecule has 1 saturated carbocycles. The van der Waals surface area contributed by atoms with E-state index in [2.05, 4.69) is 9.97 Å². The number of amides is 1. The molecule has 0 bridgehead atoms. The molecule has 3 aromatic rings. The molecule has 9 heteroatoms. The predicted molar refractivity (Wildman–Crippen MR) is 126 cm³/mol. The van der Waals surface area contributed by atoms with Crippen LogP contribution in [0.3, 0.4) is 0 Å². The number of fused-ring (bicyclic) bond motifs is 1. The van der Waals surface area contributed by atoms with Crippen LogP contribution in [0.4, 0.5) is 5.82 Å². The number of anilines is 1. The highest BCUT2D eigenvalue weighted by molar-refractivity contribution is 6.12. The lowest BCUT2D eigenvalue weighted by Crippen LogP contribution is -2.32. The average Bonchev–Trinajstić information content (AvgIpc) is 3.66. The van der Waals surface area contributed by atoms with Gasteiger partial charge in [-0.1, -0.05) is 12.1 Å². The van der Waals surface area contributed by atoms with Gasteiger partial charge in [-0.05, 0) is 54.3 Å². The van der Waals surface area contributed by atoms with Crippen molar-refractivity contribution in [1.82, 2.24) is 14.9 Å². The van der Waals surface area contributed by atoms with E-state index in [-0.39, 0.29) is 24.3 Å². The van der Waals surface area contributed by atoms with Gasteiger partial charge in [0.15, 0.2) is 5.84 Å². The number of ether oxygens (including phenoxy) is 1. The second kappa shape index (κ2) is 8.51. The molecule has 34 heavy (non-hydrogen) atoms. The quantitative estimate of drug-likeness (QED) is 0.334. The first-order valence-corrected chi connectivity index (χ1v) is 10.8. The molecule has 9 nitrogen and oxygen atoms in total. The molecule has 2 N–H and O–H groups in total. The van der Waals surface area contributed by atoms with Gasteiger partial charge in [-0.2, -0.15) is 0 Å². The third kappa shape index (κ3) is 3.71. The summed E-state index contributed by atoms with van der Waals surface area (Å²) in [5.41, 5.74) is 3.20. The molecule has 0 saturated heterocycles. The largest absolute Gasteiger partial charge is 0.465 e. The van der Waals surface area contributed by atoms with Crippen LogP contribution >= 0.6 is 0 Å². The van der Waals surface area contributed by atoms with E-state index in [1.165, 1.54) is 12.0 Å². The first-order chi connectivity index (χ1) is 16.5. The van der Waals surface area contributed by atoms with Gasteiger partial charge in [-0.15, -0.1) is 0 Å². The maximum Gasteiger partial charge on any atom is 0.338 e. The lowest BCUT2D eigenvalue weighted by atomic mass is 9.95. The molecule has 1 aliphatic carbocycles. The Morgan fingerprint density at radius 1 is 1.21 bits per heavy atom. The predicted octanol–water partition coefficient (Wildman–Crippen LogP) is 3.49. The van der Waals surface area contributed by atoms with Gasteiger partial charge >= 0.3 is 5.97 Å². The van der Waals surface area contributed by atoms with Gasteiger partial charge in [0.25, 0.3) is 5.91 Å². The molecule has 2 aliphatic rings.